The van der Waals surface area contributed by atoms with E-state index in [-0.39, 0.29) is 0 Å². The number of aromatic amines is 1. The van der Waals surface area contributed by atoms with Gasteiger partial charge in [0, 0.05) is 6.20 Å². The summed E-state index contributed by atoms with van der Waals surface area (Å²) >= 11 is 0. The first-order chi connectivity index (χ1) is 13.6. The summed E-state index contributed by atoms with van der Waals surface area (Å²) in [5.74, 6) is -2.27. The zero-order chi connectivity index (χ0) is 21.2. The fourth-order valence-electron chi connectivity index (χ4n) is 2.79. The van der Waals surface area contributed by atoms with Gasteiger partial charge in [0.2, 0.25) is 5.82 Å². The molecule has 0 aliphatic rings. The van der Waals surface area contributed by atoms with Crippen LogP contribution in [0.1, 0.15) is 44.5 Å². The Labute approximate surface area is 164 Å². The number of aromatic nitrogens is 2. The average molecular weight is 401 g/mol. The molecule has 0 bridgehead atoms. The van der Waals surface area contributed by atoms with Crippen molar-refractivity contribution in [3.05, 3.63) is 98.7 Å². The highest BCUT2D eigenvalue weighted by Gasteiger charge is 2.34. The molecule has 1 heterocycles. The number of carbonyl (C=O) groups is 1. The molecule has 0 radical (unpaired) electrons. The van der Waals surface area contributed by atoms with E-state index in [9.17, 15) is 22.8 Å². The van der Waals surface area contributed by atoms with E-state index in [0.717, 1.165) is 22.3 Å². The van der Waals surface area contributed by atoms with E-state index in [0.29, 0.717) is 6.20 Å². The normalized spacial score (nSPS) is 11.5. The van der Waals surface area contributed by atoms with Crippen molar-refractivity contribution in [2.24, 2.45) is 0 Å². The van der Waals surface area contributed by atoms with Crippen molar-refractivity contribution in [2.45, 2.75) is 26.1 Å². The third-order valence-electron chi connectivity index (χ3n) is 4.41. The molecule has 0 saturated carbocycles. The minimum absolute atomic E-state index is 0.498. The molecule has 0 aliphatic carbocycles. The lowest BCUT2D eigenvalue weighted by Crippen LogP contribution is -2.34. The topological polar surface area (TPSA) is 74.8 Å². The number of aryl methyl sites for hydroxylation is 2. The van der Waals surface area contributed by atoms with Crippen LogP contribution in [0.3, 0.4) is 0 Å². The van der Waals surface area contributed by atoms with Gasteiger partial charge in [0.1, 0.15) is 5.56 Å². The third kappa shape index (κ3) is 4.71. The van der Waals surface area contributed by atoms with Crippen LogP contribution in [0.15, 0.2) is 59.5 Å². The number of rotatable bonds is 4. The number of nitrogens with one attached hydrogen (secondary N) is 2. The molecule has 0 aliphatic heterocycles. The minimum Gasteiger partial charge on any atom is -0.341 e. The van der Waals surface area contributed by atoms with Crippen molar-refractivity contribution in [2.75, 3.05) is 0 Å². The molecule has 0 unspecified atom stereocenters. The highest BCUT2D eigenvalue weighted by atomic mass is 19.4. The van der Waals surface area contributed by atoms with Crippen molar-refractivity contribution in [1.29, 1.82) is 0 Å². The van der Waals surface area contributed by atoms with Gasteiger partial charge in [-0.05, 0) is 25.0 Å². The van der Waals surface area contributed by atoms with E-state index in [1.54, 1.807) is 4.98 Å². The maximum atomic E-state index is 12.7. The van der Waals surface area contributed by atoms with Crippen molar-refractivity contribution in [1.82, 2.24) is 15.3 Å². The predicted molar refractivity (Wildman–Crippen MR) is 102 cm³/mol. The maximum absolute atomic E-state index is 12.7. The van der Waals surface area contributed by atoms with Gasteiger partial charge in [-0.3, -0.25) is 9.59 Å². The van der Waals surface area contributed by atoms with E-state index < -0.39 is 35.1 Å². The number of benzene rings is 2. The van der Waals surface area contributed by atoms with Gasteiger partial charge in [0.15, 0.2) is 0 Å². The second-order valence-electron chi connectivity index (χ2n) is 6.70. The monoisotopic (exact) mass is 401 g/mol. The van der Waals surface area contributed by atoms with Gasteiger partial charge < -0.3 is 10.3 Å². The molecule has 2 aromatic carbocycles. The molecule has 8 heteroatoms. The molecular weight excluding hydrogens is 383 g/mol. The van der Waals surface area contributed by atoms with E-state index >= 15 is 0 Å². The van der Waals surface area contributed by atoms with E-state index in [4.69, 9.17) is 0 Å². The lowest BCUT2D eigenvalue weighted by atomic mass is 9.96. The van der Waals surface area contributed by atoms with Crippen molar-refractivity contribution in [3.8, 4) is 0 Å². The fraction of sp³-hybridized carbons (Fsp3) is 0.190. The maximum Gasteiger partial charge on any atom is 0.449 e. The standard InChI is InChI=1S/C21H18F3N3O2/c1-12-3-7-14(8-4-12)17(15-9-5-13(2)6-10-15)26-18(28)16-11-25-20(21(22,23)24)27-19(16)29/h3-11,17H,1-2H3,(H,26,28)(H,25,27,29). The Bertz CT molecular complexity index is 1030. The summed E-state index contributed by atoms with van der Waals surface area (Å²) in [6.07, 6.45) is -4.17. The number of hydrogen-bond acceptors (Lipinski definition) is 3. The molecule has 0 atom stereocenters. The Morgan fingerprint density at radius 2 is 1.45 bits per heavy atom. The largest absolute Gasteiger partial charge is 0.449 e. The zero-order valence-electron chi connectivity index (χ0n) is 15.7. The Morgan fingerprint density at radius 3 is 1.86 bits per heavy atom. The quantitative estimate of drug-likeness (QED) is 0.696. The summed E-state index contributed by atoms with van der Waals surface area (Å²) in [6.45, 7) is 3.85. The number of halogens is 3. The molecule has 0 spiro atoms. The summed E-state index contributed by atoms with van der Waals surface area (Å²) in [5, 5.41) is 2.72. The Morgan fingerprint density at radius 1 is 0.966 bits per heavy atom. The van der Waals surface area contributed by atoms with E-state index in [1.165, 1.54) is 0 Å². The van der Waals surface area contributed by atoms with Gasteiger partial charge in [-0.1, -0.05) is 59.7 Å². The molecule has 2 N–H and O–H groups in total. The highest BCUT2D eigenvalue weighted by Crippen LogP contribution is 2.25. The van der Waals surface area contributed by atoms with Crippen LogP contribution in [-0.2, 0) is 6.18 Å². The van der Waals surface area contributed by atoms with Crippen molar-refractivity contribution >= 4 is 5.91 Å². The smallest absolute Gasteiger partial charge is 0.341 e. The Kier molecular flexibility index (Phi) is 5.54. The first kappa shape index (κ1) is 20.3. The molecule has 3 aromatic rings. The van der Waals surface area contributed by atoms with E-state index in [2.05, 4.69) is 10.3 Å². The van der Waals surface area contributed by atoms with Crippen molar-refractivity contribution in [3.63, 3.8) is 0 Å². The van der Waals surface area contributed by atoms with Crippen LogP contribution >= 0.6 is 0 Å². The molecule has 29 heavy (non-hydrogen) atoms. The lowest BCUT2D eigenvalue weighted by molar-refractivity contribution is -0.145. The van der Waals surface area contributed by atoms with Gasteiger partial charge in [0.05, 0.1) is 6.04 Å². The number of carbonyl (C=O) groups excluding carboxylic acids is 1. The Balaban J connectivity index is 1.95. The van der Waals surface area contributed by atoms with Crippen LogP contribution in [-0.4, -0.2) is 15.9 Å². The van der Waals surface area contributed by atoms with Crippen LogP contribution in [0.2, 0.25) is 0 Å². The number of H-pyrrole nitrogens is 1. The summed E-state index contributed by atoms with van der Waals surface area (Å²) < 4.78 is 38.1. The van der Waals surface area contributed by atoms with Crippen LogP contribution in [0.25, 0.3) is 0 Å². The number of alkyl halides is 3. The predicted octanol–water partition coefficient (Wildman–Crippen LogP) is 3.92. The van der Waals surface area contributed by atoms with E-state index in [1.807, 2.05) is 62.4 Å². The van der Waals surface area contributed by atoms with Gasteiger partial charge in [-0.15, -0.1) is 0 Å². The van der Waals surface area contributed by atoms with Crippen LogP contribution in [0.5, 0.6) is 0 Å². The minimum atomic E-state index is -4.81. The van der Waals surface area contributed by atoms with Gasteiger partial charge in [-0.25, -0.2) is 4.98 Å². The highest BCUT2D eigenvalue weighted by molar-refractivity contribution is 5.94. The molecule has 150 valence electrons. The summed E-state index contributed by atoms with van der Waals surface area (Å²) in [7, 11) is 0. The first-order valence-electron chi connectivity index (χ1n) is 8.75. The number of hydrogen-bond donors (Lipinski definition) is 2. The summed E-state index contributed by atoms with van der Waals surface area (Å²) in [6, 6.07) is 14.3. The fourth-order valence-corrected chi connectivity index (χ4v) is 2.79. The summed E-state index contributed by atoms with van der Waals surface area (Å²) in [5.41, 5.74) is 1.95. The molecule has 1 aromatic heterocycles. The number of amides is 1. The molecule has 5 nitrogen and oxygen atoms in total. The van der Waals surface area contributed by atoms with Gasteiger partial charge in [-0.2, -0.15) is 13.2 Å². The first-order valence-corrected chi connectivity index (χ1v) is 8.75. The molecule has 0 saturated heterocycles. The molecular formula is C21H18F3N3O2. The van der Waals surface area contributed by atoms with Gasteiger partial charge in [0.25, 0.3) is 11.5 Å². The van der Waals surface area contributed by atoms with Crippen LogP contribution < -0.4 is 10.9 Å². The van der Waals surface area contributed by atoms with Gasteiger partial charge >= 0.3 is 6.18 Å². The van der Waals surface area contributed by atoms with Crippen LogP contribution in [0, 0.1) is 13.8 Å². The Hall–Kier alpha value is -3.42. The second kappa shape index (κ2) is 7.90. The summed E-state index contributed by atoms with van der Waals surface area (Å²) in [4.78, 5) is 29.5. The molecule has 3 rings (SSSR count). The molecule has 0 fully saturated rings. The van der Waals surface area contributed by atoms with Crippen molar-refractivity contribution < 1.29 is 18.0 Å². The van der Waals surface area contributed by atoms with Crippen LogP contribution in [0.4, 0.5) is 13.2 Å². The zero-order valence-corrected chi connectivity index (χ0v) is 15.7. The molecule has 1 amide bonds. The average Bonchev–Trinajstić information content (AvgIpc) is 2.67. The second-order valence-corrected chi connectivity index (χ2v) is 6.70. The number of nitrogens with zero attached hydrogens (tertiary/aromatic N) is 1. The third-order valence-corrected chi connectivity index (χ3v) is 4.41. The SMILES string of the molecule is Cc1ccc(C(NC(=O)c2cnc(C(F)(F)F)[nH]c2=O)c2ccc(C)cc2)cc1. The lowest BCUT2D eigenvalue weighted by Gasteiger charge is -2.20.